The first-order chi connectivity index (χ1) is 13.1. The van der Waals surface area contributed by atoms with E-state index in [0.717, 1.165) is 36.5 Å². The lowest BCUT2D eigenvalue weighted by Crippen LogP contribution is -2.44. The zero-order chi connectivity index (χ0) is 19.2. The molecule has 0 aromatic heterocycles. The van der Waals surface area contributed by atoms with Crippen molar-refractivity contribution >= 4 is 5.91 Å². The number of hydrogen-bond acceptors (Lipinski definition) is 4. The average molecular weight is 376 g/mol. The monoisotopic (exact) mass is 376 g/mol. The van der Waals surface area contributed by atoms with E-state index in [-0.39, 0.29) is 11.6 Å². The van der Waals surface area contributed by atoms with Gasteiger partial charge >= 0.3 is 0 Å². The van der Waals surface area contributed by atoms with Crippen molar-refractivity contribution < 1.29 is 23.0 Å². The van der Waals surface area contributed by atoms with E-state index < -0.39 is 17.5 Å². The van der Waals surface area contributed by atoms with Crippen LogP contribution in [-0.4, -0.2) is 50.8 Å². The highest BCUT2D eigenvalue weighted by Gasteiger charge is 2.25. The molecule has 0 aliphatic carbocycles. The van der Waals surface area contributed by atoms with Crippen LogP contribution in [0.5, 0.6) is 5.75 Å². The van der Waals surface area contributed by atoms with Gasteiger partial charge in [-0.05, 0) is 24.3 Å². The molecule has 27 heavy (non-hydrogen) atoms. The predicted molar refractivity (Wildman–Crippen MR) is 96.8 cm³/mol. The summed E-state index contributed by atoms with van der Waals surface area (Å²) < 4.78 is 37.4. The summed E-state index contributed by atoms with van der Waals surface area (Å²) in [6.07, 6.45) is 0. The van der Waals surface area contributed by atoms with Gasteiger partial charge in [-0.15, -0.1) is 0 Å². The van der Waals surface area contributed by atoms with Crippen molar-refractivity contribution in [2.45, 2.75) is 6.04 Å². The molecular formula is C20H22F2N2O3. The number of amides is 1. The van der Waals surface area contributed by atoms with Crippen molar-refractivity contribution in [3.8, 4) is 5.75 Å². The van der Waals surface area contributed by atoms with Crippen LogP contribution in [0.15, 0.2) is 42.5 Å². The second-order valence-electron chi connectivity index (χ2n) is 6.25. The summed E-state index contributed by atoms with van der Waals surface area (Å²) in [6, 6.07) is 10.6. The fourth-order valence-corrected chi connectivity index (χ4v) is 3.20. The smallest absolute Gasteiger partial charge is 0.251 e. The number of carbonyl (C=O) groups excluding carboxylic acids is 1. The number of hydrogen-bond donors (Lipinski definition) is 1. The Bertz CT molecular complexity index is 795. The molecule has 2 aromatic rings. The van der Waals surface area contributed by atoms with Crippen LogP contribution in [0, 0.1) is 11.6 Å². The molecule has 1 amide bonds. The number of rotatable bonds is 6. The average Bonchev–Trinajstić information content (AvgIpc) is 2.71. The Morgan fingerprint density at radius 2 is 1.93 bits per heavy atom. The van der Waals surface area contributed by atoms with Gasteiger partial charge in [0.15, 0.2) is 11.6 Å². The van der Waals surface area contributed by atoms with Crippen molar-refractivity contribution in [2.75, 3.05) is 40.0 Å². The van der Waals surface area contributed by atoms with Crippen LogP contribution in [0.2, 0.25) is 0 Å². The van der Waals surface area contributed by atoms with E-state index >= 15 is 0 Å². The highest BCUT2D eigenvalue weighted by Crippen LogP contribution is 2.29. The van der Waals surface area contributed by atoms with Crippen LogP contribution in [0.25, 0.3) is 0 Å². The molecule has 1 fully saturated rings. The normalized spacial score (nSPS) is 16.0. The van der Waals surface area contributed by atoms with E-state index in [0.29, 0.717) is 19.8 Å². The molecule has 2 aromatic carbocycles. The van der Waals surface area contributed by atoms with Gasteiger partial charge < -0.3 is 14.8 Å². The molecule has 1 unspecified atom stereocenters. The zero-order valence-corrected chi connectivity index (χ0v) is 15.1. The van der Waals surface area contributed by atoms with Crippen LogP contribution in [0.4, 0.5) is 8.78 Å². The van der Waals surface area contributed by atoms with Crippen LogP contribution in [0.3, 0.4) is 0 Å². The van der Waals surface area contributed by atoms with Crippen molar-refractivity contribution in [1.82, 2.24) is 10.2 Å². The van der Waals surface area contributed by atoms with Gasteiger partial charge in [-0.2, -0.15) is 0 Å². The molecular weight excluding hydrogens is 354 g/mol. The first-order valence-corrected chi connectivity index (χ1v) is 8.78. The lowest BCUT2D eigenvalue weighted by atomic mass is 10.0. The molecule has 1 aliphatic rings. The van der Waals surface area contributed by atoms with Crippen LogP contribution in [-0.2, 0) is 4.74 Å². The van der Waals surface area contributed by atoms with Gasteiger partial charge in [0.25, 0.3) is 5.91 Å². The third-order valence-corrected chi connectivity index (χ3v) is 4.62. The fraction of sp³-hybridized carbons (Fsp3) is 0.350. The van der Waals surface area contributed by atoms with Gasteiger partial charge in [0, 0.05) is 30.8 Å². The third kappa shape index (κ3) is 4.61. The third-order valence-electron chi connectivity index (χ3n) is 4.62. The second kappa shape index (κ2) is 8.92. The summed E-state index contributed by atoms with van der Waals surface area (Å²) in [4.78, 5) is 14.6. The number of para-hydroxylation sites is 1. The van der Waals surface area contributed by atoms with E-state index in [9.17, 15) is 13.6 Å². The summed E-state index contributed by atoms with van der Waals surface area (Å²) in [7, 11) is 1.61. The Hall–Kier alpha value is -2.51. The fourth-order valence-electron chi connectivity index (χ4n) is 3.20. The van der Waals surface area contributed by atoms with Gasteiger partial charge in [-0.1, -0.05) is 18.2 Å². The molecule has 3 rings (SSSR count). The second-order valence-corrected chi connectivity index (χ2v) is 6.25. The number of nitrogens with zero attached hydrogens (tertiary/aromatic N) is 1. The maximum absolute atomic E-state index is 13.4. The van der Waals surface area contributed by atoms with Crippen LogP contribution < -0.4 is 10.1 Å². The number of benzene rings is 2. The molecule has 1 N–H and O–H groups in total. The van der Waals surface area contributed by atoms with Gasteiger partial charge in [-0.25, -0.2) is 8.78 Å². The Balaban J connectivity index is 1.78. The Morgan fingerprint density at radius 3 is 2.63 bits per heavy atom. The highest BCUT2D eigenvalue weighted by atomic mass is 19.2. The molecule has 144 valence electrons. The molecule has 1 aliphatic heterocycles. The maximum Gasteiger partial charge on any atom is 0.251 e. The van der Waals surface area contributed by atoms with E-state index in [1.807, 2.05) is 24.3 Å². The minimum absolute atomic E-state index is 0.0784. The molecule has 1 heterocycles. The molecule has 5 nitrogen and oxygen atoms in total. The largest absolute Gasteiger partial charge is 0.496 e. The number of nitrogens with one attached hydrogen (secondary N) is 1. The van der Waals surface area contributed by atoms with Crippen molar-refractivity contribution in [1.29, 1.82) is 0 Å². The number of carbonyl (C=O) groups is 1. The minimum atomic E-state index is -1.04. The van der Waals surface area contributed by atoms with Gasteiger partial charge in [0.1, 0.15) is 5.75 Å². The van der Waals surface area contributed by atoms with E-state index in [4.69, 9.17) is 9.47 Å². The lowest BCUT2D eigenvalue weighted by molar-refractivity contribution is 0.0157. The number of morpholine rings is 1. The lowest BCUT2D eigenvalue weighted by Gasteiger charge is -2.35. The zero-order valence-electron chi connectivity index (χ0n) is 15.1. The molecule has 1 atom stereocenters. The first kappa shape index (κ1) is 19.3. The SMILES string of the molecule is COc1ccccc1C(CNC(=O)c1ccc(F)c(F)c1)N1CCOCC1. The number of halogens is 2. The van der Waals surface area contributed by atoms with Crippen molar-refractivity contribution in [3.05, 3.63) is 65.2 Å². The molecule has 0 radical (unpaired) electrons. The molecule has 0 spiro atoms. The van der Waals surface area contributed by atoms with Crippen molar-refractivity contribution in [3.63, 3.8) is 0 Å². The van der Waals surface area contributed by atoms with Crippen molar-refractivity contribution in [2.24, 2.45) is 0 Å². The van der Waals surface area contributed by atoms with Gasteiger partial charge in [-0.3, -0.25) is 9.69 Å². The molecule has 0 bridgehead atoms. The summed E-state index contributed by atoms with van der Waals surface area (Å²) in [5.74, 6) is -1.75. The van der Waals surface area contributed by atoms with Gasteiger partial charge in [0.05, 0.1) is 26.4 Å². The van der Waals surface area contributed by atoms with E-state index in [1.54, 1.807) is 7.11 Å². The number of methoxy groups -OCH3 is 1. The minimum Gasteiger partial charge on any atom is -0.496 e. The van der Waals surface area contributed by atoms with Crippen LogP contribution >= 0.6 is 0 Å². The highest BCUT2D eigenvalue weighted by molar-refractivity contribution is 5.94. The maximum atomic E-state index is 13.4. The summed E-state index contributed by atoms with van der Waals surface area (Å²) in [5.41, 5.74) is 1.03. The topological polar surface area (TPSA) is 50.8 Å². The quantitative estimate of drug-likeness (QED) is 0.842. The molecule has 0 saturated carbocycles. The predicted octanol–water partition coefficient (Wildman–Crippen LogP) is 2.78. The van der Waals surface area contributed by atoms with Gasteiger partial charge in [0.2, 0.25) is 0 Å². The summed E-state index contributed by atoms with van der Waals surface area (Å²) in [6.45, 7) is 2.98. The van der Waals surface area contributed by atoms with E-state index in [2.05, 4.69) is 10.2 Å². The first-order valence-electron chi connectivity index (χ1n) is 8.78. The molecule has 7 heteroatoms. The van der Waals surface area contributed by atoms with E-state index in [1.165, 1.54) is 6.07 Å². The molecule has 1 saturated heterocycles. The summed E-state index contributed by atoms with van der Waals surface area (Å²) >= 11 is 0. The van der Waals surface area contributed by atoms with Crippen LogP contribution in [0.1, 0.15) is 22.0 Å². The summed E-state index contributed by atoms with van der Waals surface area (Å²) in [5, 5.41) is 2.83. The standard InChI is InChI=1S/C20H22F2N2O3/c1-26-19-5-3-2-4-15(19)18(24-8-10-27-11-9-24)13-23-20(25)14-6-7-16(21)17(22)12-14/h2-7,12,18H,8-11,13H2,1H3,(H,23,25). The Morgan fingerprint density at radius 1 is 1.19 bits per heavy atom. The number of ether oxygens (including phenoxy) is 2. The Kier molecular flexibility index (Phi) is 6.36. The Labute approximate surface area is 156 Å².